The van der Waals surface area contributed by atoms with Crippen molar-refractivity contribution in [2.24, 2.45) is 20.5 Å². The molecule has 4 rings (SSSR count). The lowest BCUT2D eigenvalue weighted by Gasteiger charge is -2.15. The summed E-state index contributed by atoms with van der Waals surface area (Å²) >= 11 is 12.4. The topological polar surface area (TPSA) is 172 Å². The van der Waals surface area contributed by atoms with Gasteiger partial charge >= 0.3 is 0 Å². The first-order valence-electron chi connectivity index (χ1n) is 13.2. The van der Waals surface area contributed by atoms with Crippen LogP contribution in [0.2, 0.25) is 10.0 Å². The van der Waals surface area contributed by atoms with Gasteiger partial charge in [-0.15, -0.1) is 20.5 Å². The Hall–Kier alpha value is -4.74. The van der Waals surface area contributed by atoms with E-state index in [0.29, 0.717) is 71.5 Å². The monoisotopic (exact) mass is 635 g/mol. The summed E-state index contributed by atoms with van der Waals surface area (Å²) in [5.41, 5.74) is 2.23. The molecule has 0 amide bonds. The first kappa shape index (κ1) is 32.2. The van der Waals surface area contributed by atoms with Gasteiger partial charge in [-0.2, -0.15) is 5.26 Å². The minimum Gasteiger partial charge on any atom is -0.383 e. The minimum atomic E-state index is -0.592. The number of aromatic nitrogens is 1. The fraction of sp³-hybridized carbons (Fsp3) is 0.241. The third-order valence-corrected chi connectivity index (χ3v) is 6.91. The van der Waals surface area contributed by atoms with Crippen LogP contribution in [0, 0.1) is 28.4 Å². The Balaban J connectivity index is 1.73. The number of azo groups is 2. The maximum absolute atomic E-state index is 11.1. The van der Waals surface area contributed by atoms with E-state index in [1.165, 1.54) is 12.1 Å². The lowest BCUT2D eigenvalue weighted by Crippen LogP contribution is -2.14. The molecule has 2 N–H and O–H groups in total. The fourth-order valence-electron chi connectivity index (χ4n) is 4.15. The number of benzene rings is 3. The third-order valence-electron chi connectivity index (χ3n) is 6.33. The predicted molar refractivity (Wildman–Crippen MR) is 170 cm³/mol. The Bertz CT molecular complexity index is 1770. The summed E-state index contributed by atoms with van der Waals surface area (Å²) < 4.78 is 10.3. The van der Waals surface area contributed by atoms with E-state index in [1.807, 2.05) is 24.3 Å². The van der Waals surface area contributed by atoms with Crippen molar-refractivity contribution in [1.29, 1.82) is 5.26 Å². The zero-order valence-corrected chi connectivity index (χ0v) is 25.5. The van der Waals surface area contributed by atoms with Crippen LogP contribution < -0.4 is 10.6 Å². The van der Waals surface area contributed by atoms with Crippen LogP contribution in [0.15, 0.2) is 69.0 Å². The summed E-state index contributed by atoms with van der Waals surface area (Å²) in [6.45, 7) is 3.58. The highest BCUT2D eigenvalue weighted by Gasteiger charge is 2.18. The van der Waals surface area contributed by atoms with E-state index in [2.05, 4.69) is 42.1 Å². The van der Waals surface area contributed by atoms with Crippen LogP contribution in [-0.2, 0) is 9.47 Å². The number of nitro groups is 1. The van der Waals surface area contributed by atoms with Gasteiger partial charge in [-0.25, -0.2) is 4.98 Å². The van der Waals surface area contributed by atoms with Gasteiger partial charge < -0.3 is 20.1 Å². The Labute approximate surface area is 262 Å². The van der Waals surface area contributed by atoms with Crippen LogP contribution in [-0.4, -0.2) is 50.4 Å². The van der Waals surface area contributed by atoms with Crippen LogP contribution in [0.25, 0.3) is 10.8 Å². The SMILES string of the molecule is COCCNc1nc(NCCOC)c(/N=N/c2ccc(/N=N/c3c(Cl)cc([N+](=O)[O-])cc3Cl)c3ccccc23)c(C)c1C#N. The van der Waals surface area contributed by atoms with Gasteiger partial charge in [0.05, 0.1) is 45.1 Å². The van der Waals surface area contributed by atoms with E-state index >= 15 is 0 Å². The lowest BCUT2D eigenvalue weighted by molar-refractivity contribution is -0.384. The van der Waals surface area contributed by atoms with E-state index in [-0.39, 0.29) is 21.4 Å². The molecule has 0 atom stereocenters. The molecule has 226 valence electrons. The molecule has 0 saturated heterocycles. The number of hydrogen-bond donors (Lipinski definition) is 2. The Morgan fingerprint density at radius 2 is 1.41 bits per heavy atom. The van der Waals surface area contributed by atoms with E-state index in [4.69, 9.17) is 32.7 Å². The Morgan fingerprint density at radius 3 is 1.91 bits per heavy atom. The van der Waals surface area contributed by atoms with Crippen molar-refractivity contribution < 1.29 is 14.4 Å². The van der Waals surface area contributed by atoms with Crippen molar-refractivity contribution in [3.63, 3.8) is 0 Å². The van der Waals surface area contributed by atoms with Gasteiger partial charge in [-0.3, -0.25) is 10.1 Å². The quantitative estimate of drug-likeness (QED) is 0.0635. The number of nitro benzene ring substituents is 1. The second-order valence-corrected chi connectivity index (χ2v) is 9.99. The number of anilines is 2. The molecule has 0 aliphatic rings. The van der Waals surface area contributed by atoms with Crippen molar-refractivity contribution in [3.8, 4) is 6.07 Å². The molecule has 3 aromatic carbocycles. The number of hydrogen-bond acceptors (Lipinski definition) is 12. The predicted octanol–water partition coefficient (Wildman–Crippen LogP) is 8.58. The maximum atomic E-state index is 11.1. The number of fused-ring (bicyclic) bond motifs is 1. The average Bonchev–Trinajstić information content (AvgIpc) is 3.01. The number of nitrogens with one attached hydrogen (secondary N) is 2. The highest BCUT2D eigenvalue weighted by atomic mass is 35.5. The average molecular weight is 637 g/mol. The maximum Gasteiger partial charge on any atom is 0.272 e. The van der Waals surface area contributed by atoms with Crippen molar-refractivity contribution >= 4 is 74.0 Å². The van der Waals surface area contributed by atoms with Gasteiger partial charge in [-0.1, -0.05) is 47.5 Å². The molecule has 0 aliphatic heterocycles. The molecule has 0 aliphatic carbocycles. The number of ether oxygens (including phenoxy) is 2. The number of nitrogens with zero attached hydrogens (tertiary/aromatic N) is 7. The van der Waals surface area contributed by atoms with Crippen LogP contribution in [0.3, 0.4) is 0 Å². The zero-order chi connectivity index (χ0) is 31.6. The van der Waals surface area contributed by atoms with Crippen LogP contribution in [0.5, 0.6) is 0 Å². The van der Waals surface area contributed by atoms with Crippen LogP contribution in [0.1, 0.15) is 11.1 Å². The molecule has 1 heterocycles. The van der Waals surface area contributed by atoms with Gasteiger partial charge in [0.25, 0.3) is 5.69 Å². The van der Waals surface area contributed by atoms with E-state index in [9.17, 15) is 15.4 Å². The van der Waals surface area contributed by atoms with Crippen molar-refractivity contribution in [3.05, 3.63) is 79.8 Å². The first-order valence-corrected chi connectivity index (χ1v) is 13.9. The Morgan fingerprint density at radius 1 is 0.886 bits per heavy atom. The van der Waals surface area contributed by atoms with E-state index < -0.39 is 4.92 Å². The highest BCUT2D eigenvalue weighted by Crippen LogP contribution is 2.40. The second kappa shape index (κ2) is 15.1. The summed E-state index contributed by atoms with van der Waals surface area (Å²) in [6.07, 6.45) is 0. The molecule has 4 aromatic rings. The normalized spacial score (nSPS) is 11.4. The molecule has 0 unspecified atom stereocenters. The molecule has 13 nitrogen and oxygen atoms in total. The fourth-order valence-corrected chi connectivity index (χ4v) is 4.70. The zero-order valence-electron chi connectivity index (χ0n) is 24.0. The molecule has 15 heteroatoms. The number of nitriles is 1. The summed E-state index contributed by atoms with van der Waals surface area (Å²) in [5.74, 6) is 0.850. The summed E-state index contributed by atoms with van der Waals surface area (Å²) in [4.78, 5) is 15.1. The summed E-state index contributed by atoms with van der Waals surface area (Å²) in [5, 5.41) is 46.4. The largest absolute Gasteiger partial charge is 0.383 e. The van der Waals surface area contributed by atoms with Crippen LogP contribution in [0.4, 0.5) is 40.1 Å². The number of pyridine rings is 1. The molecule has 44 heavy (non-hydrogen) atoms. The van der Waals surface area contributed by atoms with E-state index in [0.717, 1.165) is 5.39 Å². The minimum absolute atomic E-state index is 0.00165. The third kappa shape index (κ3) is 7.42. The molecule has 0 radical (unpaired) electrons. The molecule has 0 saturated carbocycles. The van der Waals surface area contributed by atoms with Gasteiger partial charge in [-0.05, 0) is 19.1 Å². The molecule has 1 aromatic heterocycles. The standard InChI is InChI=1S/C29H27Cl2N9O4/c1-17-21(16-32)28(33-10-12-43-2)35-29(34-11-13-44-3)26(17)38-36-24-8-9-25(20-7-5-4-6-19(20)24)37-39-27-22(30)14-18(40(41)42)15-23(27)31/h4-9,14-15H,10-13H2,1-3H3,(H2,33,34,35)/b38-36+,39-37+. The lowest BCUT2D eigenvalue weighted by atomic mass is 10.1. The number of halogens is 2. The summed E-state index contributed by atoms with van der Waals surface area (Å²) in [6, 6.07) is 15.4. The van der Waals surface area contributed by atoms with Gasteiger partial charge in [0.2, 0.25) is 0 Å². The number of non-ortho nitro benzene ring substituents is 1. The molecule has 0 spiro atoms. The molecule has 0 bridgehead atoms. The number of methoxy groups -OCH3 is 2. The van der Waals surface area contributed by atoms with Gasteiger partial charge in [0.1, 0.15) is 23.3 Å². The van der Waals surface area contributed by atoms with Gasteiger partial charge in [0.15, 0.2) is 5.82 Å². The molecular formula is C29H27Cl2N9O4. The second-order valence-electron chi connectivity index (χ2n) is 9.17. The number of rotatable bonds is 13. The first-order chi connectivity index (χ1) is 21.3. The molecule has 0 fully saturated rings. The Kier molecular flexibility index (Phi) is 11.1. The smallest absolute Gasteiger partial charge is 0.272 e. The highest BCUT2D eigenvalue weighted by molar-refractivity contribution is 6.39. The van der Waals surface area contributed by atoms with Crippen molar-refractivity contribution in [2.45, 2.75) is 6.92 Å². The van der Waals surface area contributed by atoms with Gasteiger partial charge in [0, 0.05) is 55.8 Å². The van der Waals surface area contributed by atoms with Crippen molar-refractivity contribution in [2.75, 3.05) is 51.2 Å². The van der Waals surface area contributed by atoms with E-state index in [1.54, 1.807) is 33.3 Å². The summed E-state index contributed by atoms with van der Waals surface area (Å²) in [7, 11) is 3.19. The van der Waals surface area contributed by atoms with Crippen molar-refractivity contribution in [1.82, 2.24) is 4.98 Å². The molecular weight excluding hydrogens is 609 g/mol. The van der Waals surface area contributed by atoms with Crippen LogP contribution >= 0.6 is 23.2 Å².